The maximum absolute atomic E-state index is 11.9. The number of hydrogen-bond donors (Lipinski definition) is 1. The lowest BCUT2D eigenvalue weighted by atomic mass is 10.1. The van der Waals surface area contributed by atoms with E-state index in [4.69, 9.17) is 5.10 Å². The van der Waals surface area contributed by atoms with Crippen LogP contribution in [0.4, 0.5) is 0 Å². The summed E-state index contributed by atoms with van der Waals surface area (Å²) in [6.45, 7) is 4.21. The zero-order chi connectivity index (χ0) is 18.5. The van der Waals surface area contributed by atoms with Crippen LogP contribution < -0.4 is 5.32 Å². The quantitative estimate of drug-likeness (QED) is 0.781. The third kappa shape index (κ3) is 5.42. The van der Waals surface area contributed by atoms with Crippen molar-refractivity contribution in [1.29, 1.82) is 0 Å². The number of carbonyl (C=O) groups is 1. The van der Waals surface area contributed by atoms with Gasteiger partial charge in [-0.25, -0.2) is 0 Å². The van der Waals surface area contributed by atoms with Crippen molar-refractivity contribution in [3.05, 3.63) is 53.3 Å². The average molecular weight is 367 g/mol. The Hall–Kier alpha value is -2.14. The van der Waals surface area contributed by atoms with Crippen LogP contribution >= 0.6 is 0 Å². The Bertz CT molecular complexity index is 751. The molecule has 1 amide bonds. The summed E-state index contributed by atoms with van der Waals surface area (Å²) >= 11 is 0. The second-order valence-corrected chi connectivity index (χ2v) is 7.91. The molecule has 0 saturated heterocycles. The van der Waals surface area contributed by atoms with Crippen LogP contribution in [0, 0.1) is 0 Å². The second-order valence-electron chi connectivity index (χ2n) is 7.91. The highest BCUT2D eigenvalue weighted by molar-refractivity contribution is 5.76. The first-order chi connectivity index (χ1) is 13.3. The summed E-state index contributed by atoms with van der Waals surface area (Å²) in [6, 6.07) is 13.4. The highest BCUT2D eigenvalue weighted by Crippen LogP contribution is 2.19. The predicted molar refractivity (Wildman–Crippen MR) is 106 cm³/mol. The number of rotatable bonds is 8. The summed E-state index contributed by atoms with van der Waals surface area (Å²) in [7, 11) is 0. The van der Waals surface area contributed by atoms with Gasteiger partial charge >= 0.3 is 0 Å². The van der Waals surface area contributed by atoms with Gasteiger partial charge in [0.05, 0.1) is 11.4 Å². The van der Waals surface area contributed by atoms with Gasteiger partial charge in [0.25, 0.3) is 0 Å². The van der Waals surface area contributed by atoms with Crippen LogP contribution in [0.25, 0.3) is 0 Å². The minimum absolute atomic E-state index is 0.170. The van der Waals surface area contributed by atoms with Crippen LogP contribution in [-0.4, -0.2) is 39.7 Å². The van der Waals surface area contributed by atoms with Crippen molar-refractivity contribution in [2.24, 2.45) is 0 Å². The molecule has 5 heteroatoms. The first kappa shape index (κ1) is 18.2. The summed E-state index contributed by atoms with van der Waals surface area (Å²) in [4.78, 5) is 14.4. The molecule has 1 aliphatic carbocycles. The highest BCUT2D eigenvalue weighted by Gasteiger charge is 2.23. The maximum atomic E-state index is 11.9. The topological polar surface area (TPSA) is 50.2 Å². The van der Waals surface area contributed by atoms with E-state index in [1.54, 1.807) is 0 Å². The number of fused-ring (bicyclic) bond motifs is 1. The molecule has 1 saturated carbocycles. The standard InChI is InChI=1S/C22H30N4O/c27-22(23-19-9-10-19)12-11-20-16-21-17-25(14-5-15-26(21)24-20)13-4-8-18-6-2-1-3-7-18/h1-3,6-7,16,19H,4-5,8-15,17H2,(H,23,27). The van der Waals surface area contributed by atoms with E-state index in [2.05, 4.69) is 51.3 Å². The average Bonchev–Trinajstić information content (AvgIpc) is 3.44. The van der Waals surface area contributed by atoms with E-state index < -0.39 is 0 Å². The molecule has 2 heterocycles. The summed E-state index contributed by atoms with van der Waals surface area (Å²) in [5.74, 6) is 0.170. The Balaban J connectivity index is 1.26. The zero-order valence-electron chi connectivity index (χ0n) is 16.1. The number of benzene rings is 1. The van der Waals surface area contributed by atoms with Crippen molar-refractivity contribution in [2.45, 2.75) is 64.1 Å². The van der Waals surface area contributed by atoms with Crippen molar-refractivity contribution in [1.82, 2.24) is 20.0 Å². The summed E-state index contributed by atoms with van der Waals surface area (Å²) < 4.78 is 2.16. The SMILES string of the molecule is O=C(CCc1cc2n(n1)CCCN(CCCc1ccccc1)C2)NC1CC1. The molecule has 2 aromatic rings. The Kier molecular flexibility index (Phi) is 5.87. The fourth-order valence-electron chi connectivity index (χ4n) is 3.82. The molecule has 4 rings (SSSR count). The van der Waals surface area contributed by atoms with E-state index in [-0.39, 0.29) is 5.91 Å². The van der Waals surface area contributed by atoms with Crippen molar-refractivity contribution < 1.29 is 4.79 Å². The Morgan fingerprint density at radius 1 is 1.15 bits per heavy atom. The van der Waals surface area contributed by atoms with Gasteiger partial charge in [0, 0.05) is 38.5 Å². The largest absolute Gasteiger partial charge is 0.353 e. The fourth-order valence-corrected chi connectivity index (χ4v) is 3.82. The molecule has 1 aliphatic heterocycles. The number of aryl methyl sites for hydroxylation is 3. The van der Waals surface area contributed by atoms with Gasteiger partial charge in [0.2, 0.25) is 5.91 Å². The molecule has 0 radical (unpaired) electrons. The molecule has 144 valence electrons. The molecule has 0 spiro atoms. The monoisotopic (exact) mass is 366 g/mol. The van der Waals surface area contributed by atoms with E-state index >= 15 is 0 Å². The number of hydrogen-bond acceptors (Lipinski definition) is 3. The number of carbonyl (C=O) groups excluding carboxylic acids is 1. The number of aromatic nitrogens is 2. The van der Waals surface area contributed by atoms with E-state index in [0.717, 1.165) is 64.0 Å². The first-order valence-electron chi connectivity index (χ1n) is 10.4. The van der Waals surface area contributed by atoms with Crippen molar-refractivity contribution in [3.8, 4) is 0 Å². The van der Waals surface area contributed by atoms with E-state index in [1.165, 1.54) is 17.7 Å². The van der Waals surface area contributed by atoms with Gasteiger partial charge in [0.15, 0.2) is 0 Å². The maximum Gasteiger partial charge on any atom is 0.220 e. The number of nitrogens with zero attached hydrogens (tertiary/aromatic N) is 3. The van der Waals surface area contributed by atoms with Crippen LogP contribution in [-0.2, 0) is 30.7 Å². The van der Waals surface area contributed by atoms with Gasteiger partial charge in [-0.2, -0.15) is 5.10 Å². The lowest BCUT2D eigenvalue weighted by molar-refractivity contribution is -0.121. The Morgan fingerprint density at radius 3 is 2.81 bits per heavy atom. The number of nitrogens with one attached hydrogen (secondary N) is 1. The van der Waals surface area contributed by atoms with Gasteiger partial charge in [-0.3, -0.25) is 14.4 Å². The molecular weight excluding hydrogens is 336 g/mol. The zero-order valence-corrected chi connectivity index (χ0v) is 16.1. The van der Waals surface area contributed by atoms with Crippen LogP contribution in [0.1, 0.15) is 49.1 Å². The lowest BCUT2D eigenvalue weighted by Gasteiger charge is -2.19. The molecule has 0 atom stereocenters. The normalized spacial score (nSPS) is 17.3. The van der Waals surface area contributed by atoms with Crippen molar-refractivity contribution >= 4 is 5.91 Å². The molecule has 5 nitrogen and oxygen atoms in total. The van der Waals surface area contributed by atoms with E-state index in [1.807, 2.05) is 0 Å². The van der Waals surface area contributed by atoms with Crippen LogP contribution in [0.5, 0.6) is 0 Å². The summed E-state index contributed by atoms with van der Waals surface area (Å²) in [6.07, 6.45) is 7.04. The molecule has 27 heavy (non-hydrogen) atoms. The van der Waals surface area contributed by atoms with Crippen molar-refractivity contribution in [2.75, 3.05) is 13.1 Å². The van der Waals surface area contributed by atoms with Gasteiger partial charge < -0.3 is 5.32 Å². The fraction of sp³-hybridized carbons (Fsp3) is 0.545. The van der Waals surface area contributed by atoms with Gasteiger partial charge in [-0.05, 0) is 50.3 Å². The molecule has 2 aliphatic rings. The number of amides is 1. The molecule has 0 unspecified atom stereocenters. The minimum Gasteiger partial charge on any atom is -0.353 e. The summed E-state index contributed by atoms with van der Waals surface area (Å²) in [5.41, 5.74) is 3.77. The molecule has 1 aromatic carbocycles. The molecule has 0 bridgehead atoms. The van der Waals surface area contributed by atoms with Crippen LogP contribution in [0.2, 0.25) is 0 Å². The molecule has 1 fully saturated rings. The Labute approximate surface area is 161 Å². The predicted octanol–water partition coefficient (Wildman–Crippen LogP) is 2.93. The third-order valence-electron chi connectivity index (χ3n) is 5.48. The molecule has 1 N–H and O–H groups in total. The summed E-state index contributed by atoms with van der Waals surface area (Å²) in [5, 5.41) is 7.81. The van der Waals surface area contributed by atoms with E-state index in [0.29, 0.717) is 12.5 Å². The van der Waals surface area contributed by atoms with Crippen LogP contribution in [0.15, 0.2) is 36.4 Å². The van der Waals surface area contributed by atoms with Crippen molar-refractivity contribution in [3.63, 3.8) is 0 Å². The van der Waals surface area contributed by atoms with Crippen LogP contribution in [0.3, 0.4) is 0 Å². The van der Waals surface area contributed by atoms with Gasteiger partial charge in [0.1, 0.15) is 0 Å². The van der Waals surface area contributed by atoms with Gasteiger partial charge in [-0.1, -0.05) is 30.3 Å². The van der Waals surface area contributed by atoms with E-state index in [9.17, 15) is 4.79 Å². The highest BCUT2D eigenvalue weighted by atomic mass is 16.1. The Morgan fingerprint density at radius 2 is 2.00 bits per heavy atom. The molecular formula is C22H30N4O. The molecule has 1 aromatic heterocycles. The van der Waals surface area contributed by atoms with Gasteiger partial charge in [-0.15, -0.1) is 0 Å². The third-order valence-corrected chi connectivity index (χ3v) is 5.48. The minimum atomic E-state index is 0.170. The lowest BCUT2D eigenvalue weighted by Crippen LogP contribution is -2.25. The second kappa shape index (κ2) is 8.70. The smallest absolute Gasteiger partial charge is 0.220 e. The first-order valence-corrected chi connectivity index (χ1v) is 10.4.